The molecule has 0 spiro atoms. The van der Waals surface area contributed by atoms with Gasteiger partial charge in [0.1, 0.15) is 5.54 Å². The average Bonchev–Trinajstić information content (AvgIpc) is 3.03. The Balaban J connectivity index is 1.75. The van der Waals surface area contributed by atoms with Crippen molar-refractivity contribution in [3.63, 3.8) is 0 Å². The highest BCUT2D eigenvalue weighted by Crippen LogP contribution is 2.41. The van der Waals surface area contributed by atoms with Gasteiger partial charge in [-0.2, -0.15) is 5.10 Å². The molecule has 0 aromatic carbocycles. The quantitative estimate of drug-likeness (QED) is 0.888. The molecule has 1 aromatic heterocycles. The summed E-state index contributed by atoms with van der Waals surface area (Å²) in [7, 11) is 0. The molecule has 2 amide bonds. The maximum absolute atomic E-state index is 13.1. The Labute approximate surface area is 130 Å². The van der Waals surface area contributed by atoms with E-state index in [1.807, 2.05) is 28.8 Å². The molecule has 1 saturated carbocycles. The molecule has 6 nitrogen and oxygen atoms in total. The summed E-state index contributed by atoms with van der Waals surface area (Å²) >= 11 is 0. The van der Waals surface area contributed by atoms with Gasteiger partial charge >= 0.3 is 0 Å². The minimum Gasteiger partial charge on any atom is -0.342 e. The number of likely N-dealkylation sites (tertiary alicyclic amines) is 1. The number of carbonyl (C=O) groups is 2. The van der Waals surface area contributed by atoms with E-state index in [0.717, 1.165) is 38.8 Å². The van der Waals surface area contributed by atoms with Crippen molar-refractivity contribution >= 4 is 11.8 Å². The lowest BCUT2D eigenvalue weighted by molar-refractivity contribution is -0.142. The standard InChI is InChI=1S/C16H24N4O2/c1-12(21)18-16(2,13-6-7-13)15(22)20-10-3-5-14(20)11-19-9-4-8-17-19/h4,8-9,13-14H,3,5-7,10-11H2,1-2H3,(H,18,21)/t14-,16+/m0/s1. The van der Waals surface area contributed by atoms with Crippen molar-refractivity contribution in [3.05, 3.63) is 18.5 Å². The molecule has 1 N–H and O–H groups in total. The molecule has 1 aliphatic carbocycles. The molecule has 6 heteroatoms. The summed E-state index contributed by atoms with van der Waals surface area (Å²) in [6.45, 7) is 4.86. The first-order chi connectivity index (χ1) is 10.5. The van der Waals surface area contributed by atoms with Crippen molar-refractivity contribution in [1.29, 1.82) is 0 Å². The molecule has 2 fully saturated rings. The van der Waals surface area contributed by atoms with Gasteiger partial charge in [-0.3, -0.25) is 14.3 Å². The van der Waals surface area contributed by atoms with Crippen molar-refractivity contribution in [1.82, 2.24) is 20.0 Å². The van der Waals surface area contributed by atoms with Crippen LogP contribution in [0.2, 0.25) is 0 Å². The fourth-order valence-electron chi connectivity index (χ4n) is 3.57. The van der Waals surface area contributed by atoms with Crippen LogP contribution in [0, 0.1) is 5.92 Å². The van der Waals surface area contributed by atoms with Crippen LogP contribution in [0.15, 0.2) is 18.5 Å². The lowest BCUT2D eigenvalue weighted by Gasteiger charge is -2.36. The maximum Gasteiger partial charge on any atom is 0.248 e. The van der Waals surface area contributed by atoms with Crippen LogP contribution in [-0.2, 0) is 16.1 Å². The summed E-state index contributed by atoms with van der Waals surface area (Å²) in [4.78, 5) is 26.6. The lowest BCUT2D eigenvalue weighted by Crippen LogP contribution is -2.60. The summed E-state index contributed by atoms with van der Waals surface area (Å²) in [5, 5.41) is 7.16. The Hall–Kier alpha value is -1.85. The topological polar surface area (TPSA) is 67.2 Å². The van der Waals surface area contributed by atoms with Gasteiger partial charge in [-0.05, 0) is 44.6 Å². The fraction of sp³-hybridized carbons (Fsp3) is 0.688. The van der Waals surface area contributed by atoms with E-state index in [4.69, 9.17) is 0 Å². The van der Waals surface area contributed by atoms with Crippen molar-refractivity contribution in [2.45, 2.75) is 57.7 Å². The van der Waals surface area contributed by atoms with Gasteiger partial charge in [0.25, 0.3) is 0 Å². The Morgan fingerprint density at radius 1 is 1.36 bits per heavy atom. The van der Waals surface area contributed by atoms with E-state index in [-0.39, 0.29) is 23.8 Å². The molecular formula is C16H24N4O2. The number of nitrogens with zero attached hydrogens (tertiary/aromatic N) is 3. The number of nitrogens with one attached hydrogen (secondary N) is 1. The highest BCUT2D eigenvalue weighted by atomic mass is 16.2. The second-order valence-corrected chi connectivity index (χ2v) is 6.68. The maximum atomic E-state index is 13.1. The van der Waals surface area contributed by atoms with E-state index in [2.05, 4.69) is 10.4 Å². The van der Waals surface area contributed by atoms with Crippen LogP contribution in [0.1, 0.15) is 39.5 Å². The Kier molecular flexibility index (Phi) is 3.93. The number of aromatic nitrogens is 2. The number of hydrogen-bond acceptors (Lipinski definition) is 3. The van der Waals surface area contributed by atoms with Crippen LogP contribution in [-0.4, -0.2) is 44.6 Å². The van der Waals surface area contributed by atoms with E-state index in [1.165, 1.54) is 6.92 Å². The first-order valence-corrected chi connectivity index (χ1v) is 8.08. The molecular weight excluding hydrogens is 280 g/mol. The molecule has 1 aliphatic heterocycles. The molecule has 1 aromatic rings. The summed E-state index contributed by atoms with van der Waals surface area (Å²) in [5.74, 6) is 0.209. The van der Waals surface area contributed by atoms with Crippen molar-refractivity contribution in [3.8, 4) is 0 Å². The van der Waals surface area contributed by atoms with Crippen molar-refractivity contribution in [2.75, 3.05) is 6.54 Å². The molecule has 0 unspecified atom stereocenters. The molecule has 2 atom stereocenters. The number of carbonyl (C=O) groups excluding carboxylic acids is 2. The third-order valence-corrected chi connectivity index (χ3v) is 4.87. The third kappa shape index (κ3) is 2.87. The first-order valence-electron chi connectivity index (χ1n) is 8.08. The minimum atomic E-state index is -0.751. The zero-order valence-electron chi connectivity index (χ0n) is 13.3. The van der Waals surface area contributed by atoms with Gasteiger partial charge in [-0.25, -0.2) is 0 Å². The van der Waals surface area contributed by atoms with Crippen LogP contribution in [0.5, 0.6) is 0 Å². The summed E-state index contributed by atoms with van der Waals surface area (Å²) < 4.78 is 1.88. The van der Waals surface area contributed by atoms with Crippen molar-refractivity contribution < 1.29 is 9.59 Å². The molecule has 2 heterocycles. The van der Waals surface area contributed by atoms with E-state index in [1.54, 1.807) is 6.20 Å². The predicted octanol–water partition coefficient (Wildman–Crippen LogP) is 1.18. The molecule has 22 heavy (non-hydrogen) atoms. The monoisotopic (exact) mass is 304 g/mol. The minimum absolute atomic E-state index is 0.0693. The molecule has 3 rings (SSSR count). The summed E-state index contributed by atoms with van der Waals surface area (Å²) in [5.41, 5.74) is -0.751. The number of rotatable bonds is 5. The van der Waals surface area contributed by atoms with E-state index < -0.39 is 5.54 Å². The second-order valence-electron chi connectivity index (χ2n) is 6.68. The van der Waals surface area contributed by atoms with Gasteiger partial charge in [-0.15, -0.1) is 0 Å². The van der Waals surface area contributed by atoms with Gasteiger partial charge in [0, 0.05) is 25.9 Å². The van der Waals surface area contributed by atoms with E-state index >= 15 is 0 Å². The SMILES string of the molecule is CC(=O)N[C@@](C)(C(=O)N1CCC[C@H]1Cn1cccn1)C1CC1. The highest BCUT2D eigenvalue weighted by molar-refractivity contribution is 5.91. The van der Waals surface area contributed by atoms with E-state index in [9.17, 15) is 9.59 Å². The molecule has 2 aliphatic rings. The number of amides is 2. The van der Waals surface area contributed by atoms with Crippen molar-refractivity contribution in [2.24, 2.45) is 5.92 Å². The Morgan fingerprint density at radius 2 is 2.14 bits per heavy atom. The number of hydrogen-bond donors (Lipinski definition) is 1. The van der Waals surface area contributed by atoms with Crippen LogP contribution >= 0.6 is 0 Å². The highest BCUT2D eigenvalue weighted by Gasteiger charge is 2.51. The Bertz CT molecular complexity index is 553. The Morgan fingerprint density at radius 3 is 2.73 bits per heavy atom. The van der Waals surface area contributed by atoms with Gasteiger partial charge < -0.3 is 10.2 Å². The third-order valence-electron chi connectivity index (χ3n) is 4.87. The predicted molar refractivity (Wildman–Crippen MR) is 81.9 cm³/mol. The first kappa shape index (κ1) is 15.1. The second kappa shape index (κ2) is 5.74. The van der Waals surface area contributed by atoms with Crippen LogP contribution in [0.4, 0.5) is 0 Å². The van der Waals surface area contributed by atoms with Gasteiger partial charge in [-0.1, -0.05) is 0 Å². The molecule has 1 saturated heterocycles. The molecule has 0 bridgehead atoms. The van der Waals surface area contributed by atoms with Crippen LogP contribution < -0.4 is 5.32 Å². The molecule has 0 radical (unpaired) electrons. The van der Waals surface area contributed by atoms with Gasteiger partial charge in [0.05, 0.1) is 12.6 Å². The van der Waals surface area contributed by atoms with Crippen LogP contribution in [0.25, 0.3) is 0 Å². The summed E-state index contributed by atoms with van der Waals surface area (Å²) in [6, 6.07) is 2.06. The lowest BCUT2D eigenvalue weighted by atomic mass is 9.93. The normalized spacial score (nSPS) is 24.1. The fourth-order valence-corrected chi connectivity index (χ4v) is 3.57. The van der Waals surface area contributed by atoms with Gasteiger partial charge in [0.15, 0.2) is 0 Å². The zero-order valence-corrected chi connectivity index (χ0v) is 13.3. The van der Waals surface area contributed by atoms with Crippen LogP contribution in [0.3, 0.4) is 0 Å². The van der Waals surface area contributed by atoms with Gasteiger partial charge in [0.2, 0.25) is 11.8 Å². The largest absolute Gasteiger partial charge is 0.342 e. The summed E-state index contributed by atoms with van der Waals surface area (Å²) in [6.07, 6.45) is 7.72. The smallest absolute Gasteiger partial charge is 0.248 e. The zero-order chi connectivity index (χ0) is 15.7. The molecule has 120 valence electrons. The average molecular weight is 304 g/mol. The van der Waals surface area contributed by atoms with E-state index in [0.29, 0.717) is 0 Å².